The summed E-state index contributed by atoms with van der Waals surface area (Å²) in [6.45, 7) is 3.87. The van der Waals surface area contributed by atoms with Crippen LogP contribution >= 0.6 is 0 Å². The highest BCUT2D eigenvalue weighted by Gasteiger charge is 2.29. The smallest absolute Gasteiger partial charge is 0.293 e. The van der Waals surface area contributed by atoms with Gasteiger partial charge in [-0.2, -0.15) is 5.26 Å². The number of unbranched alkanes of at least 4 members (excludes halogenated alkanes) is 1. The Morgan fingerprint density at radius 3 is 3.00 bits per heavy atom. The summed E-state index contributed by atoms with van der Waals surface area (Å²) < 4.78 is 0. The third-order valence-electron chi connectivity index (χ3n) is 4.26. The zero-order valence-electron chi connectivity index (χ0n) is 13.8. The molecule has 0 bridgehead atoms. The summed E-state index contributed by atoms with van der Waals surface area (Å²) in [5.74, 6) is -0.143. The zero-order chi connectivity index (χ0) is 17.5. The summed E-state index contributed by atoms with van der Waals surface area (Å²) in [5.41, 5.74) is 0.655. The second-order valence-electron chi connectivity index (χ2n) is 6.00. The van der Waals surface area contributed by atoms with E-state index < -0.39 is 4.92 Å². The van der Waals surface area contributed by atoms with Crippen LogP contribution in [0.4, 0.5) is 11.4 Å². The number of carbonyl (C=O) groups excluding carboxylic acids is 1. The fourth-order valence-corrected chi connectivity index (χ4v) is 2.95. The van der Waals surface area contributed by atoms with E-state index in [1.54, 1.807) is 12.1 Å². The Morgan fingerprint density at radius 1 is 1.54 bits per heavy atom. The number of nitro groups is 1. The number of carbonyl (C=O) groups is 1. The van der Waals surface area contributed by atoms with E-state index in [4.69, 9.17) is 5.26 Å². The minimum Gasteiger partial charge on any atom is -0.365 e. The number of nitro benzene ring substituents is 1. The van der Waals surface area contributed by atoms with Crippen molar-refractivity contribution in [1.29, 1.82) is 5.26 Å². The molecular weight excluding hydrogens is 308 g/mol. The van der Waals surface area contributed by atoms with E-state index in [-0.39, 0.29) is 23.1 Å². The monoisotopic (exact) mass is 330 g/mol. The molecule has 1 heterocycles. The quantitative estimate of drug-likeness (QED) is 0.491. The topological polar surface area (TPSA) is 99.3 Å². The van der Waals surface area contributed by atoms with Gasteiger partial charge in [-0.25, -0.2) is 0 Å². The van der Waals surface area contributed by atoms with Crippen molar-refractivity contribution in [1.82, 2.24) is 5.32 Å². The summed E-state index contributed by atoms with van der Waals surface area (Å²) in [6, 6.07) is 6.39. The number of hydrogen-bond acceptors (Lipinski definition) is 5. The number of piperidine rings is 1. The standard InChI is InChI=1S/C17H22N4O3/c1-2-3-8-19-17(22)14-5-4-9-20(12-14)15-7-6-13(11-18)10-16(15)21(23)24/h6-7,10,14H,2-5,8-9,12H2,1H3,(H,19,22). The van der Waals surface area contributed by atoms with Crippen LogP contribution in [0.25, 0.3) is 0 Å². The predicted molar refractivity (Wildman–Crippen MR) is 90.7 cm³/mol. The van der Waals surface area contributed by atoms with Crippen molar-refractivity contribution < 1.29 is 9.72 Å². The van der Waals surface area contributed by atoms with E-state index in [1.807, 2.05) is 11.0 Å². The van der Waals surface area contributed by atoms with Crippen LogP contribution in [0.15, 0.2) is 18.2 Å². The molecule has 1 fully saturated rings. The molecule has 0 radical (unpaired) electrons. The third-order valence-corrected chi connectivity index (χ3v) is 4.26. The van der Waals surface area contributed by atoms with Gasteiger partial charge >= 0.3 is 0 Å². The molecule has 1 aromatic rings. The normalized spacial score (nSPS) is 17.2. The largest absolute Gasteiger partial charge is 0.365 e. The summed E-state index contributed by atoms with van der Waals surface area (Å²) in [4.78, 5) is 25.0. The molecule has 0 saturated carbocycles. The Kier molecular flexibility index (Phi) is 6.13. The third kappa shape index (κ3) is 4.22. The van der Waals surface area contributed by atoms with Crippen molar-refractivity contribution in [2.24, 2.45) is 5.92 Å². The van der Waals surface area contributed by atoms with Crippen molar-refractivity contribution in [2.45, 2.75) is 32.6 Å². The van der Waals surface area contributed by atoms with Gasteiger partial charge in [-0.3, -0.25) is 14.9 Å². The Labute approximate surface area is 141 Å². The van der Waals surface area contributed by atoms with Gasteiger partial charge in [0.05, 0.1) is 22.5 Å². The molecule has 7 heteroatoms. The minimum atomic E-state index is -0.471. The van der Waals surface area contributed by atoms with Crippen LogP contribution in [0.2, 0.25) is 0 Å². The van der Waals surface area contributed by atoms with Gasteiger partial charge in [-0.1, -0.05) is 13.3 Å². The van der Waals surface area contributed by atoms with Gasteiger partial charge in [0.2, 0.25) is 5.91 Å². The molecule has 1 N–H and O–H groups in total. The number of benzene rings is 1. The number of hydrogen-bond donors (Lipinski definition) is 1. The van der Waals surface area contributed by atoms with Gasteiger partial charge in [0.1, 0.15) is 5.69 Å². The van der Waals surface area contributed by atoms with E-state index in [2.05, 4.69) is 12.2 Å². The molecule has 1 amide bonds. The summed E-state index contributed by atoms with van der Waals surface area (Å²) >= 11 is 0. The first-order valence-corrected chi connectivity index (χ1v) is 8.28. The number of nitriles is 1. The molecule has 1 atom stereocenters. The minimum absolute atomic E-state index is 0.0180. The molecule has 0 aromatic heterocycles. The average Bonchev–Trinajstić information content (AvgIpc) is 2.61. The van der Waals surface area contributed by atoms with Crippen LogP contribution in [0.5, 0.6) is 0 Å². The SMILES string of the molecule is CCCCNC(=O)C1CCCN(c2ccc(C#N)cc2[N+](=O)[O-])C1. The molecule has 7 nitrogen and oxygen atoms in total. The van der Waals surface area contributed by atoms with Crippen LogP contribution < -0.4 is 10.2 Å². The molecule has 0 aliphatic carbocycles. The first-order valence-electron chi connectivity index (χ1n) is 8.28. The average molecular weight is 330 g/mol. The lowest BCUT2D eigenvalue weighted by atomic mass is 9.96. The van der Waals surface area contributed by atoms with Crippen LogP contribution in [-0.4, -0.2) is 30.5 Å². The molecule has 1 aliphatic heterocycles. The van der Waals surface area contributed by atoms with E-state index >= 15 is 0 Å². The number of amides is 1. The van der Waals surface area contributed by atoms with Gasteiger partial charge in [-0.05, 0) is 31.4 Å². The van der Waals surface area contributed by atoms with E-state index in [1.165, 1.54) is 6.07 Å². The van der Waals surface area contributed by atoms with E-state index in [0.29, 0.717) is 25.3 Å². The number of nitrogens with one attached hydrogen (secondary N) is 1. The molecule has 1 aromatic carbocycles. The van der Waals surface area contributed by atoms with Gasteiger partial charge in [0.25, 0.3) is 5.69 Å². The predicted octanol–water partition coefficient (Wildman–Crippen LogP) is 2.60. The molecular formula is C17H22N4O3. The van der Waals surface area contributed by atoms with Crippen LogP contribution in [0.3, 0.4) is 0 Å². The molecule has 1 aliphatic rings. The maximum Gasteiger partial charge on any atom is 0.293 e. The Bertz CT molecular complexity index is 654. The van der Waals surface area contributed by atoms with Gasteiger partial charge in [0, 0.05) is 25.7 Å². The molecule has 1 unspecified atom stereocenters. The second-order valence-corrected chi connectivity index (χ2v) is 6.00. The van der Waals surface area contributed by atoms with Crippen molar-refractivity contribution in [3.8, 4) is 6.07 Å². The van der Waals surface area contributed by atoms with Crippen molar-refractivity contribution >= 4 is 17.3 Å². The molecule has 24 heavy (non-hydrogen) atoms. The molecule has 0 spiro atoms. The van der Waals surface area contributed by atoms with E-state index in [0.717, 1.165) is 25.7 Å². The maximum atomic E-state index is 12.3. The highest BCUT2D eigenvalue weighted by Crippen LogP contribution is 2.32. The second kappa shape index (κ2) is 8.29. The lowest BCUT2D eigenvalue weighted by molar-refractivity contribution is -0.384. The highest BCUT2D eigenvalue weighted by atomic mass is 16.6. The number of anilines is 1. The molecule has 2 rings (SSSR count). The number of rotatable bonds is 6. The first kappa shape index (κ1) is 17.7. The lowest BCUT2D eigenvalue weighted by Gasteiger charge is -2.33. The summed E-state index contributed by atoms with van der Waals surface area (Å²) in [7, 11) is 0. The Hall–Kier alpha value is -2.62. The van der Waals surface area contributed by atoms with Crippen LogP contribution in [0, 0.1) is 27.4 Å². The highest BCUT2D eigenvalue weighted by molar-refractivity contribution is 5.80. The number of nitrogens with zero attached hydrogens (tertiary/aromatic N) is 3. The van der Waals surface area contributed by atoms with Gasteiger partial charge < -0.3 is 10.2 Å². The lowest BCUT2D eigenvalue weighted by Crippen LogP contribution is -2.43. The fourth-order valence-electron chi connectivity index (χ4n) is 2.95. The van der Waals surface area contributed by atoms with Gasteiger partial charge in [-0.15, -0.1) is 0 Å². The first-order chi connectivity index (χ1) is 11.6. The van der Waals surface area contributed by atoms with Crippen LogP contribution in [0.1, 0.15) is 38.2 Å². The van der Waals surface area contributed by atoms with Crippen LogP contribution in [-0.2, 0) is 4.79 Å². The summed E-state index contributed by atoms with van der Waals surface area (Å²) in [5, 5.41) is 23.2. The van der Waals surface area contributed by atoms with Crippen molar-refractivity contribution in [3.05, 3.63) is 33.9 Å². The molecule has 1 saturated heterocycles. The van der Waals surface area contributed by atoms with Crippen molar-refractivity contribution in [3.63, 3.8) is 0 Å². The summed E-state index contributed by atoms with van der Waals surface area (Å²) in [6.07, 6.45) is 3.57. The zero-order valence-corrected chi connectivity index (χ0v) is 13.8. The van der Waals surface area contributed by atoms with E-state index in [9.17, 15) is 14.9 Å². The van der Waals surface area contributed by atoms with Gasteiger partial charge in [0.15, 0.2) is 0 Å². The Morgan fingerprint density at radius 2 is 2.33 bits per heavy atom. The molecule has 128 valence electrons. The van der Waals surface area contributed by atoms with Crippen molar-refractivity contribution in [2.75, 3.05) is 24.5 Å². The Balaban J connectivity index is 2.13. The fraction of sp³-hybridized carbons (Fsp3) is 0.529. The maximum absolute atomic E-state index is 12.3.